The number of piperazine rings is 1. The Balaban J connectivity index is 1.48. The topological polar surface area (TPSA) is 80.9 Å². The molecular formula is C30H30F7N5O3. The Bertz CT molecular complexity index is 1580. The van der Waals surface area contributed by atoms with Gasteiger partial charge in [0, 0.05) is 63.6 Å². The molecule has 2 aliphatic rings. The summed E-state index contributed by atoms with van der Waals surface area (Å²) < 4.78 is 100. The molecule has 3 heterocycles. The first kappa shape index (κ1) is 32.4. The van der Waals surface area contributed by atoms with Gasteiger partial charge in [-0.25, -0.2) is 4.39 Å². The highest BCUT2D eigenvalue weighted by atomic mass is 19.4. The number of morpholine rings is 1. The van der Waals surface area contributed by atoms with Crippen molar-refractivity contribution >= 4 is 17.3 Å². The number of aromatic amines is 1. The van der Waals surface area contributed by atoms with Gasteiger partial charge in [0.15, 0.2) is 0 Å². The second-order valence-electron chi connectivity index (χ2n) is 10.9. The molecule has 0 radical (unpaired) electrons. The van der Waals surface area contributed by atoms with Gasteiger partial charge in [-0.2, -0.15) is 26.3 Å². The van der Waals surface area contributed by atoms with Crippen LogP contribution in [-0.2, 0) is 17.5 Å². The fourth-order valence-electron chi connectivity index (χ4n) is 5.47. The summed E-state index contributed by atoms with van der Waals surface area (Å²) in [6.45, 7) is 2.38. The summed E-state index contributed by atoms with van der Waals surface area (Å²) >= 11 is 0. The predicted molar refractivity (Wildman–Crippen MR) is 153 cm³/mol. The van der Waals surface area contributed by atoms with E-state index in [9.17, 15) is 35.9 Å². The summed E-state index contributed by atoms with van der Waals surface area (Å²) in [5.74, 6) is -1.75. The van der Waals surface area contributed by atoms with Crippen LogP contribution in [0.15, 0.2) is 53.5 Å². The van der Waals surface area contributed by atoms with Crippen LogP contribution < -0.4 is 15.8 Å². The summed E-state index contributed by atoms with van der Waals surface area (Å²) in [5.41, 5.74) is -1.64. The van der Waals surface area contributed by atoms with Gasteiger partial charge in [-0.05, 0) is 35.4 Å². The predicted octanol–water partition coefficient (Wildman–Crippen LogP) is 4.97. The maximum absolute atomic E-state index is 15.2. The number of ether oxygens (including phenoxy) is 1. The van der Waals surface area contributed by atoms with Crippen LogP contribution in [0.25, 0.3) is 11.1 Å². The fraction of sp³-hybridized carbons (Fsp3) is 0.400. The third-order valence-corrected chi connectivity index (χ3v) is 7.69. The van der Waals surface area contributed by atoms with Crippen LogP contribution in [0.4, 0.5) is 42.1 Å². The highest BCUT2D eigenvalue weighted by Crippen LogP contribution is 2.36. The van der Waals surface area contributed by atoms with Crippen LogP contribution in [0.5, 0.6) is 0 Å². The molecular weight excluding hydrogens is 611 g/mol. The Hall–Kier alpha value is -3.95. The number of pyridine rings is 1. The molecule has 2 aliphatic heterocycles. The molecule has 2 saturated heterocycles. The number of anilines is 2. The summed E-state index contributed by atoms with van der Waals surface area (Å²) in [6, 6.07) is 9.46. The molecule has 0 saturated carbocycles. The highest BCUT2D eigenvalue weighted by Gasteiger charge is 2.36. The van der Waals surface area contributed by atoms with Crippen LogP contribution in [0, 0.1) is 5.82 Å². The summed E-state index contributed by atoms with van der Waals surface area (Å²) in [5, 5.41) is 2.47. The summed E-state index contributed by atoms with van der Waals surface area (Å²) in [4.78, 5) is 32.0. The maximum Gasteiger partial charge on any atom is 0.417 e. The third kappa shape index (κ3) is 8.21. The van der Waals surface area contributed by atoms with Gasteiger partial charge < -0.3 is 19.9 Å². The van der Waals surface area contributed by atoms with E-state index in [0.717, 1.165) is 5.56 Å². The number of hydrogen-bond acceptors (Lipinski definition) is 6. The fourth-order valence-corrected chi connectivity index (χ4v) is 5.47. The number of rotatable bonds is 7. The second kappa shape index (κ2) is 13.2. The van der Waals surface area contributed by atoms with Gasteiger partial charge in [0.05, 0.1) is 42.3 Å². The first-order valence-corrected chi connectivity index (χ1v) is 14.1. The number of nitrogens with zero attached hydrogens (tertiary/aromatic N) is 3. The monoisotopic (exact) mass is 641 g/mol. The minimum atomic E-state index is -5.01. The standard InChI is InChI=1S/C30H30F7N5O3/c31-24-3-1-19(17-40-9-11-45-12-10-40)13-21(24)20-2-4-26(42-7-5-41(6-8-42)18-29(32,33)34)25(14-20)39-28(44)22-16-38-27(43)15-23(22)30(35,36)37/h1-4,13-16H,5-12,17-18H2,(H,38,43)(H,39,44). The Morgan fingerprint density at radius 2 is 1.60 bits per heavy atom. The van der Waals surface area contributed by atoms with E-state index in [2.05, 4.69) is 15.2 Å². The smallest absolute Gasteiger partial charge is 0.379 e. The van der Waals surface area contributed by atoms with Crippen molar-refractivity contribution in [3.05, 3.63) is 81.5 Å². The van der Waals surface area contributed by atoms with Gasteiger partial charge in [0.1, 0.15) is 5.82 Å². The quantitative estimate of drug-likeness (QED) is 0.355. The first-order chi connectivity index (χ1) is 21.3. The molecule has 0 spiro atoms. The molecule has 0 atom stereocenters. The van der Waals surface area contributed by atoms with Gasteiger partial charge in [-0.1, -0.05) is 12.1 Å². The molecule has 5 rings (SSSR count). The van der Waals surface area contributed by atoms with Crippen molar-refractivity contribution in [2.24, 2.45) is 0 Å². The highest BCUT2D eigenvalue weighted by molar-refractivity contribution is 6.07. The van der Waals surface area contributed by atoms with Crippen molar-refractivity contribution in [1.29, 1.82) is 0 Å². The summed E-state index contributed by atoms with van der Waals surface area (Å²) in [7, 11) is 0. The van der Waals surface area contributed by atoms with E-state index in [0.29, 0.717) is 50.3 Å². The lowest BCUT2D eigenvalue weighted by Gasteiger charge is -2.37. The average Bonchev–Trinajstić information content (AvgIpc) is 2.98. The van der Waals surface area contributed by atoms with Gasteiger partial charge in [-0.15, -0.1) is 0 Å². The molecule has 45 heavy (non-hydrogen) atoms. The number of nitrogens with one attached hydrogen (secondary N) is 2. The van der Waals surface area contributed by atoms with E-state index in [-0.39, 0.29) is 43.5 Å². The Labute approximate surface area is 253 Å². The molecule has 1 amide bonds. The second-order valence-corrected chi connectivity index (χ2v) is 10.9. The van der Waals surface area contributed by atoms with Crippen molar-refractivity contribution in [3.8, 4) is 11.1 Å². The molecule has 242 valence electrons. The lowest BCUT2D eigenvalue weighted by molar-refractivity contribution is -0.146. The van der Waals surface area contributed by atoms with E-state index in [1.807, 2.05) is 0 Å². The molecule has 15 heteroatoms. The zero-order chi connectivity index (χ0) is 32.4. The maximum atomic E-state index is 15.2. The SMILES string of the molecule is O=C(Nc1cc(-c2cc(CN3CCOCC3)ccc2F)ccc1N1CCN(CC(F)(F)F)CC1)c1c[nH]c(=O)cc1C(F)(F)F. The van der Waals surface area contributed by atoms with Crippen LogP contribution in [0.1, 0.15) is 21.5 Å². The van der Waals surface area contributed by atoms with Crippen LogP contribution in [0.2, 0.25) is 0 Å². The molecule has 0 unspecified atom stereocenters. The number of carbonyl (C=O) groups excluding carboxylic acids is 1. The summed E-state index contributed by atoms with van der Waals surface area (Å²) in [6.07, 6.45) is -8.73. The molecule has 0 bridgehead atoms. The van der Waals surface area contributed by atoms with E-state index in [1.165, 1.54) is 17.0 Å². The number of alkyl halides is 6. The lowest BCUT2D eigenvalue weighted by atomic mass is 10.00. The van der Waals surface area contributed by atoms with Crippen LogP contribution >= 0.6 is 0 Å². The van der Waals surface area contributed by atoms with Crippen molar-refractivity contribution in [3.63, 3.8) is 0 Å². The van der Waals surface area contributed by atoms with Gasteiger partial charge in [-0.3, -0.25) is 19.4 Å². The van der Waals surface area contributed by atoms with Crippen LogP contribution in [-0.4, -0.2) is 85.9 Å². The molecule has 2 aromatic carbocycles. The van der Waals surface area contributed by atoms with Crippen molar-refractivity contribution in [2.45, 2.75) is 18.9 Å². The van der Waals surface area contributed by atoms with Crippen molar-refractivity contribution in [1.82, 2.24) is 14.8 Å². The Morgan fingerprint density at radius 1 is 0.889 bits per heavy atom. The molecule has 1 aromatic heterocycles. The van der Waals surface area contributed by atoms with Crippen molar-refractivity contribution < 1.29 is 40.3 Å². The van der Waals surface area contributed by atoms with E-state index in [4.69, 9.17) is 4.74 Å². The number of carbonyl (C=O) groups is 1. The minimum Gasteiger partial charge on any atom is -0.379 e. The zero-order valence-corrected chi connectivity index (χ0v) is 23.9. The molecule has 2 N–H and O–H groups in total. The van der Waals surface area contributed by atoms with Gasteiger partial charge in [0.2, 0.25) is 5.56 Å². The van der Waals surface area contributed by atoms with Gasteiger partial charge in [0.25, 0.3) is 5.91 Å². The van der Waals surface area contributed by atoms with E-state index >= 15 is 4.39 Å². The number of H-pyrrole nitrogens is 1. The van der Waals surface area contributed by atoms with E-state index < -0.39 is 47.3 Å². The Kier molecular flexibility index (Phi) is 9.51. The van der Waals surface area contributed by atoms with Crippen LogP contribution in [0.3, 0.4) is 0 Å². The molecule has 8 nitrogen and oxygen atoms in total. The largest absolute Gasteiger partial charge is 0.417 e. The van der Waals surface area contributed by atoms with E-state index in [1.54, 1.807) is 29.2 Å². The molecule has 3 aromatic rings. The van der Waals surface area contributed by atoms with Crippen molar-refractivity contribution in [2.75, 3.05) is 69.2 Å². The normalized spacial score (nSPS) is 17.0. The van der Waals surface area contributed by atoms with Gasteiger partial charge >= 0.3 is 12.4 Å². The first-order valence-electron chi connectivity index (χ1n) is 14.1. The molecule has 2 fully saturated rings. The molecule has 0 aliphatic carbocycles. The zero-order valence-electron chi connectivity index (χ0n) is 23.9. The average molecular weight is 642 g/mol. The Morgan fingerprint density at radius 3 is 2.27 bits per heavy atom. The lowest BCUT2D eigenvalue weighted by Crippen LogP contribution is -2.49. The number of hydrogen-bond donors (Lipinski definition) is 2. The number of aromatic nitrogens is 1. The minimum absolute atomic E-state index is 0.0269. The number of amides is 1. The third-order valence-electron chi connectivity index (χ3n) is 7.69. The number of halogens is 7. The number of benzene rings is 2.